The molecule has 0 atom stereocenters. The molecule has 9 heteroatoms. The Bertz CT molecular complexity index is 1220. The molecule has 1 aromatic heterocycles. The van der Waals surface area contributed by atoms with E-state index in [-0.39, 0.29) is 21.7 Å². The summed E-state index contributed by atoms with van der Waals surface area (Å²) < 4.78 is 31.0. The van der Waals surface area contributed by atoms with E-state index in [2.05, 4.69) is 15.5 Å². The molecule has 2 heterocycles. The number of amides is 1. The predicted molar refractivity (Wildman–Crippen MR) is 130 cm³/mol. The highest BCUT2D eigenvalue weighted by atomic mass is 32.2. The molecular formula is C25H28N4O4S. The first-order valence-corrected chi connectivity index (χ1v) is 12.8. The van der Waals surface area contributed by atoms with E-state index in [4.69, 9.17) is 4.74 Å². The molecule has 1 aliphatic heterocycles. The number of piperidine rings is 1. The monoisotopic (exact) mass is 480 g/mol. The van der Waals surface area contributed by atoms with Crippen LogP contribution in [-0.4, -0.2) is 44.2 Å². The quantitative estimate of drug-likeness (QED) is 0.548. The Kier molecular flexibility index (Phi) is 7.12. The van der Waals surface area contributed by atoms with Crippen molar-refractivity contribution in [3.05, 3.63) is 66.2 Å². The maximum atomic E-state index is 12.8. The van der Waals surface area contributed by atoms with Gasteiger partial charge < -0.3 is 15.0 Å². The normalized spacial score (nSPS) is 14.6. The number of ether oxygens (including phenoxy) is 1. The molecule has 0 aliphatic carbocycles. The molecule has 1 amide bonds. The standard InChI is InChI=1S/C25H28N4O4S/c1-3-33-21-8-6-20(7-9-21)26-25(30)19-14-16-29(17-15-19)23-12-13-24(28-27-23)34(31,32)22-10-4-18(2)5-11-22/h4-13,19H,3,14-17H2,1-2H3,(H,26,30). The molecule has 1 fully saturated rings. The van der Waals surface area contributed by atoms with E-state index in [0.717, 1.165) is 17.0 Å². The van der Waals surface area contributed by atoms with Crippen LogP contribution >= 0.6 is 0 Å². The van der Waals surface area contributed by atoms with Crippen LogP contribution in [-0.2, 0) is 14.6 Å². The van der Waals surface area contributed by atoms with E-state index >= 15 is 0 Å². The number of aromatic nitrogens is 2. The predicted octanol–water partition coefficient (Wildman–Crippen LogP) is 3.87. The van der Waals surface area contributed by atoms with Crippen LogP contribution in [0, 0.1) is 12.8 Å². The zero-order valence-corrected chi connectivity index (χ0v) is 20.1. The van der Waals surface area contributed by atoms with Crippen LogP contribution in [0.4, 0.5) is 11.5 Å². The maximum absolute atomic E-state index is 12.8. The minimum absolute atomic E-state index is 0.00515. The molecule has 0 saturated carbocycles. The smallest absolute Gasteiger partial charge is 0.227 e. The molecule has 0 unspecified atom stereocenters. The van der Waals surface area contributed by atoms with Gasteiger partial charge in [0.15, 0.2) is 10.8 Å². The molecule has 1 N–H and O–H groups in total. The number of nitrogens with one attached hydrogen (secondary N) is 1. The van der Waals surface area contributed by atoms with Crippen LogP contribution in [0.5, 0.6) is 5.75 Å². The number of hydrogen-bond acceptors (Lipinski definition) is 7. The van der Waals surface area contributed by atoms with Crippen molar-refractivity contribution in [1.29, 1.82) is 0 Å². The van der Waals surface area contributed by atoms with Gasteiger partial charge in [-0.2, -0.15) is 0 Å². The largest absolute Gasteiger partial charge is 0.494 e. The first-order chi connectivity index (χ1) is 16.4. The van der Waals surface area contributed by atoms with Crippen LogP contribution in [0.1, 0.15) is 25.3 Å². The Morgan fingerprint density at radius 1 is 1.00 bits per heavy atom. The van der Waals surface area contributed by atoms with Crippen molar-refractivity contribution in [3.63, 3.8) is 0 Å². The van der Waals surface area contributed by atoms with Crippen molar-refractivity contribution >= 4 is 27.2 Å². The number of nitrogens with zero attached hydrogens (tertiary/aromatic N) is 3. The summed E-state index contributed by atoms with van der Waals surface area (Å²) >= 11 is 0. The number of hydrogen-bond donors (Lipinski definition) is 1. The summed E-state index contributed by atoms with van der Waals surface area (Å²) in [7, 11) is -3.71. The third-order valence-corrected chi connectivity index (χ3v) is 7.52. The van der Waals surface area contributed by atoms with Crippen LogP contribution in [0.3, 0.4) is 0 Å². The fourth-order valence-electron chi connectivity index (χ4n) is 3.88. The van der Waals surface area contributed by atoms with Crippen molar-refractivity contribution in [1.82, 2.24) is 10.2 Å². The van der Waals surface area contributed by atoms with Gasteiger partial charge in [-0.05, 0) is 75.2 Å². The van der Waals surface area contributed by atoms with Gasteiger partial charge in [0.1, 0.15) is 5.75 Å². The molecular weight excluding hydrogens is 452 g/mol. The van der Waals surface area contributed by atoms with Crippen molar-refractivity contribution in [2.45, 2.75) is 36.6 Å². The molecule has 0 radical (unpaired) electrons. The summed E-state index contributed by atoms with van der Waals surface area (Å²) in [4.78, 5) is 14.9. The van der Waals surface area contributed by atoms with Crippen molar-refractivity contribution in [2.75, 3.05) is 29.9 Å². The van der Waals surface area contributed by atoms with Crippen LogP contribution < -0.4 is 15.0 Å². The zero-order chi connectivity index (χ0) is 24.1. The minimum atomic E-state index is -3.71. The summed E-state index contributed by atoms with van der Waals surface area (Å²) in [6, 6.07) is 17.2. The van der Waals surface area contributed by atoms with E-state index in [1.807, 2.05) is 43.0 Å². The third-order valence-electron chi connectivity index (χ3n) is 5.86. The summed E-state index contributed by atoms with van der Waals surface area (Å²) in [6.45, 7) is 5.70. The SMILES string of the molecule is CCOc1ccc(NC(=O)C2CCN(c3ccc(S(=O)(=O)c4ccc(C)cc4)nn3)CC2)cc1. The molecule has 3 aromatic rings. The van der Waals surface area contributed by atoms with E-state index in [1.54, 1.807) is 30.3 Å². The van der Waals surface area contributed by atoms with E-state index in [0.29, 0.717) is 38.4 Å². The second-order valence-corrected chi connectivity index (χ2v) is 10.2. The fraction of sp³-hybridized carbons (Fsp3) is 0.320. The lowest BCUT2D eigenvalue weighted by atomic mass is 9.96. The summed E-state index contributed by atoms with van der Waals surface area (Å²) in [5, 5.41) is 11.0. The molecule has 0 bridgehead atoms. The van der Waals surface area contributed by atoms with Gasteiger partial charge in [0, 0.05) is 24.7 Å². The summed E-state index contributed by atoms with van der Waals surface area (Å²) in [6.07, 6.45) is 1.35. The molecule has 2 aromatic carbocycles. The average molecular weight is 481 g/mol. The Hall–Kier alpha value is -3.46. The maximum Gasteiger partial charge on any atom is 0.227 e. The molecule has 178 valence electrons. The fourth-order valence-corrected chi connectivity index (χ4v) is 5.01. The highest BCUT2D eigenvalue weighted by molar-refractivity contribution is 7.91. The first-order valence-electron chi connectivity index (χ1n) is 11.3. The van der Waals surface area contributed by atoms with Gasteiger partial charge in [0.05, 0.1) is 11.5 Å². The number of aryl methyl sites for hydroxylation is 1. The molecule has 8 nitrogen and oxygen atoms in total. The van der Waals surface area contributed by atoms with Gasteiger partial charge in [0.25, 0.3) is 0 Å². The van der Waals surface area contributed by atoms with Gasteiger partial charge in [-0.3, -0.25) is 4.79 Å². The second kappa shape index (κ2) is 10.2. The lowest BCUT2D eigenvalue weighted by Crippen LogP contribution is -2.38. The second-order valence-electron chi connectivity index (χ2n) is 8.25. The lowest BCUT2D eigenvalue weighted by molar-refractivity contribution is -0.120. The topological polar surface area (TPSA) is 101 Å². The van der Waals surface area contributed by atoms with Crippen LogP contribution in [0.15, 0.2) is 70.6 Å². The number of carbonyl (C=O) groups is 1. The number of carbonyl (C=O) groups excluding carboxylic acids is 1. The summed E-state index contributed by atoms with van der Waals surface area (Å²) in [5.74, 6) is 1.27. The van der Waals surface area contributed by atoms with Gasteiger partial charge in [0.2, 0.25) is 15.7 Å². The Balaban J connectivity index is 1.34. The summed E-state index contributed by atoms with van der Waals surface area (Å²) in [5.41, 5.74) is 1.73. The van der Waals surface area contributed by atoms with Crippen molar-refractivity contribution < 1.29 is 17.9 Å². The average Bonchev–Trinajstić information content (AvgIpc) is 2.86. The highest BCUT2D eigenvalue weighted by Crippen LogP contribution is 2.25. The van der Waals surface area contributed by atoms with Gasteiger partial charge in [-0.25, -0.2) is 8.42 Å². The Morgan fingerprint density at radius 2 is 1.68 bits per heavy atom. The Morgan fingerprint density at radius 3 is 2.26 bits per heavy atom. The van der Waals surface area contributed by atoms with E-state index < -0.39 is 9.84 Å². The lowest BCUT2D eigenvalue weighted by Gasteiger charge is -2.31. The van der Waals surface area contributed by atoms with Gasteiger partial charge >= 0.3 is 0 Å². The third kappa shape index (κ3) is 5.36. The Labute approximate surface area is 199 Å². The highest BCUT2D eigenvalue weighted by Gasteiger charge is 2.27. The number of sulfone groups is 1. The zero-order valence-electron chi connectivity index (χ0n) is 19.3. The first kappa shape index (κ1) is 23.7. The number of benzene rings is 2. The number of rotatable bonds is 7. The number of anilines is 2. The van der Waals surface area contributed by atoms with Crippen molar-refractivity contribution in [3.8, 4) is 5.75 Å². The van der Waals surface area contributed by atoms with E-state index in [1.165, 1.54) is 6.07 Å². The molecule has 34 heavy (non-hydrogen) atoms. The van der Waals surface area contributed by atoms with Gasteiger partial charge in [-0.1, -0.05) is 17.7 Å². The molecule has 0 spiro atoms. The molecule has 1 saturated heterocycles. The molecule has 4 rings (SSSR count). The van der Waals surface area contributed by atoms with E-state index in [9.17, 15) is 13.2 Å². The van der Waals surface area contributed by atoms with Crippen LogP contribution in [0.25, 0.3) is 0 Å². The minimum Gasteiger partial charge on any atom is -0.494 e. The van der Waals surface area contributed by atoms with Crippen LogP contribution in [0.2, 0.25) is 0 Å². The van der Waals surface area contributed by atoms with Crippen molar-refractivity contribution in [2.24, 2.45) is 5.92 Å². The van der Waals surface area contributed by atoms with Gasteiger partial charge in [-0.15, -0.1) is 10.2 Å². The molecule has 1 aliphatic rings.